The SMILES string of the molecule is BrC1=COCC2=C3C1=CN=C(c1ccc(-c4ccnn4C4CCCCO4)cc1)N3CC2. The zero-order valence-corrected chi connectivity index (χ0v) is 18.7. The minimum atomic E-state index is 0.0311. The lowest BCUT2D eigenvalue weighted by Crippen LogP contribution is -2.31. The van der Waals surface area contributed by atoms with Crippen LogP contribution in [0.3, 0.4) is 0 Å². The van der Waals surface area contributed by atoms with Gasteiger partial charge < -0.3 is 14.4 Å². The van der Waals surface area contributed by atoms with E-state index in [4.69, 9.17) is 14.5 Å². The van der Waals surface area contributed by atoms with Crippen molar-refractivity contribution in [1.82, 2.24) is 14.7 Å². The van der Waals surface area contributed by atoms with Crippen molar-refractivity contribution < 1.29 is 9.47 Å². The Bertz CT molecular complexity index is 1140. The molecule has 0 saturated carbocycles. The van der Waals surface area contributed by atoms with Crippen molar-refractivity contribution in [3.05, 3.63) is 75.9 Å². The molecule has 2 aromatic rings. The second-order valence-electron chi connectivity index (χ2n) is 8.19. The molecule has 4 aliphatic heterocycles. The van der Waals surface area contributed by atoms with Crippen molar-refractivity contribution in [3.8, 4) is 11.3 Å². The van der Waals surface area contributed by atoms with E-state index in [9.17, 15) is 0 Å². The standard InChI is InChI=1S/C24H23BrN4O2/c25-20-15-30-14-18-9-11-28-23(18)19(20)13-26-24(28)17-6-4-16(5-7-17)21-8-10-27-29(21)22-3-1-2-12-31-22/h4-8,10,13,15,22H,1-3,9,11-12,14H2. The van der Waals surface area contributed by atoms with Gasteiger partial charge in [-0.1, -0.05) is 24.3 Å². The Balaban J connectivity index is 1.32. The molecule has 7 heteroatoms. The zero-order valence-electron chi connectivity index (χ0n) is 17.1. The zero-order chi connectivity index (χ0) is 20.8. The molecule has 1 atom stereocenters. The Morgan fingerprint density at radius 1 is 1.06 bits per heavy atom. The molecule has 1 unspecified atom stereocenters. The maximum absolute atomic E-state index is 5.95. The molecule has 1 fully saturated rings. The van der Waals surface area contributed by atoms with Gasteiger partial charge in [0.2, 0.25) is 0 Å². The summed E-state index contributed by atoms with van der Waals surface area (Å²) in [6.45, 7) is 2.37. The normalized spacial score (nSPS) is 22.9. The molecule has 6 nitrogen and oxygen atoms in total. The number of aliphatic imine (C=N–C) groups is 1. The number of hydrogen-bond donors (Lipinski definition) is 0. The Labute approximate surface area is 189 Å². The van der Waals surface area contributed by atoms with Crippen LogP contribution in [-0.4, -0.2) is 40.3 Å². The van der Waals surface area contributed by atoms with E-state index in [0.717, 1.165) is 65.1 Å². The van der Waals surface area contributed by atoms with Crippen LogP contribution in [-0.2, 0) is 9.47 Å². The van der Waals surface area contributed by atoms with Gasteiger partial charge in [-0.05, 0) is 58.8 Å². The molecule has 5 heterocycles. The summed E-state index contributed by atoms with van der Waals surface area (Å²) < 4.78 is 14.6. The van der Waals surface area contributed by atoms with Crippen LogP contribution in [0, 0.1) is 0 Å². The van der Waals surface area contributed by atoms with Crippen LogP contribution in [0.25, 0.3) is 11.3 Å². The van der Waals surface area contributed by atoms with Crippen LogP contribution >= 0.6 is 15.9 Å². The first kappa shape index (κ1) is 19.1. The van der Waals surface area contributed by atoms with E-state index in [1.54, 1.807) is 6.26 Å². The van der Waals surface area contributed by atoms with Gasteiger partial charge in [-0.25, -0.2) is 9.67 Å². The van der Waals surface area contributed by atoms with E-state index in [2.05, 4.69) is 56.3 Å². The number of hydrogen-bond acceptors (Lipinski definition) is 5. The number of aromatic nitrogens is 2. The third-order valence-electron chi connectivity index (χ3n) is 6.31. The highest BCUT2D eigenvalue weighted by Gasteiger charge is 2.34. The minimum absolute atomic E-state index is 0.0311. The van der Waals surface area contributed by atoms with Gasteiger partial charge in [0.15, 0.2) is 6.23 Å². The van der Waals surface area contributed by atoms with E-state index in [1.807, 2.05) is 17.1 Å². The van der Waals surface area contributed by atoms with Crippen molar-refractivity contribution in [3.63, 3.8) is 0 Å². The number of allylic oxidation sites excluding steroid dienone is 1. The van der Waals surface area contributed by atoms with Gasteiger partial charge >= 0.3 is 0 Å². The molecule has 0 aliphatic carbocycles. The summed E-state index contributed by atoms with van der Waals surface area (Å²) in [4.78, 5) is 7.14. The average Bonchev–Trinajstić information content (AvgIpc) is 3.44. The van der Waals surface area contributed by atoms with Crippen LogP contribution < -0.4 is 0 Å². The second-order valence-corrected chi connectivity index (χ2v) is 9.04. The molecule has 0 N–H and O–H groups in total. The van der Waals surface area contributed by atoms with E-state index in [1.165, 1.54) is 17.7 Å². The van der Waals surface area contributed by atoms with Gasteiger partial charge in [-0.2, -0.15) is 5.10 Å². The summed E-state index contributed by atoms with van der Waals surface area (Å²) in [5.41, 5.74) is 7.00. The summed E-state index contributed by atoms with van der Waals surface area (Å²) in [7, 11) is 0. The average molecular weight is 479 g/mol. The van der Waals surface area contributed by atoms with Crippen LogP contribution in [0.5, 0.6) is 0 Å². The number of nitrogens with zero attached hydrogens (tertiary/aromatic N) is 4. The largest absolute Gasteiger partial charge is 0.496 e. The number of halogens is 1. The highest BCUT2D eigenvalue weighted by Crippen LogP contribution is 2.40. The first-order valence-electron chi connectivity index (χ1n) is 10.8. The molecule has 31 heavy (non-hydrogen) atoms. The van der Waals surface area contributed by atoms with Crippen molar-refractivity contribution in [2.75, 3.05) is 19.8 Å². The lowest BCUT2D eigenvalue weighted by Gasteiger charge is -2.28. The first-order valence-corrected chi connectivity index (χ1v) is 11.6. The molecule has 0 amide bonds. The molecule has 1 saturated heterocycles. The topological polar surface area (TPSA) is 51.9 Å². The summed E-state index contributed by atoms with van der Waals surface area (Å²) in [5, 5.41) is 4.54. The summed E-state index contributed by atoms with van der Waals surface area (Å²) in [5.74, 6) is 0.992. The van der Waals surface area contributed by atoms with E-state index in [-0.39, 0.29) is 6.23 Å². The highest BCUT2D eigenvalue weighted by atomic mass is 79.9. The Morgan fingerprint density at radius 3 is 2.77 bits per heavy atom. The van der Waals surface area contributed by atoms with E-state index >= 15 is 0 Å². The van der Waals surface area contributed by atoms with Gasteiger partial charge in [-0.15, -0.1) is 0 Å². The molecular formula is C24H23BrN4O2. The fourth-order valence-electron chi connectivity index (χ4n) is 4.78. The Hall–Kier alpha value is -2.64. The fraction of sp³-hybridized carbons (Fsp3) is 0.333. The van der Waals surface area contributed by atoms with Crippen LogP contribution in [0.1, 0.15) is 37.5 Å². The van der Waals surface area contributed by atoms with Gasteiger partial charge in [0, 0.05) is 36.7 Å². The van der Waals surface area contributed by atoms with Gasteiger partial charge in [-0.3, -0.25) is 0 Å². The number of amidine groups is 1. The number of ether oxygens (including phenoxy) is 2. The molecule has 0 bridgehead atoms. The number of benzene rings is 1. The molecule has 1 aromatic heterocycles. The van der Waals surface area contributed by atoms with Gasteiger partial charge in [0.1, 0.15) is 12.4 Å². The quantitative estimate of drug-likeness (QED) is 0.614. The van der Waals surface area contributed by atoms with Crippen molar-refractivity contribution in [1.29, 1.82) is 0 Å². The van der Waals surface area contributed by atoms with Crippen LogP contribution in [0.15, 0.2) is 75.3 Å². The highest BCUT2D eigenvalue weighted by molar-refractivity contribution is 9.12. The van der Waals surface area contributed by atoms with Crippen molar-refractivity contribution >= 4 is 21.8 Å². The van der Waals surface area contributed by atoms with Gasteiger partial charge in [0.05, 0.1) is 22.1 Å². The van der Waals surface area contributed by atoms with Crippen LogP contribution in [0.2, 0.25) is 0 Å². The van der Waals surface area contributed by atoms with Crippen molar-refractivity contribution in [2.45, 2.75) is 31.9 Å². The lowest BCUT2D eigenvalue weighted by molar-refractivity contribution is -0.0383. The van der Waals surface area contributed by atoms with Gasteiger partial charge in [0.25, 0.3) is 0 Å². The molecule has 1 aromatic carbocycles. The maximum atomic E-state index is 5.95. The lowest BCUT2D eigenvalue weighted by atomic mass is 10.0. The molecule has 158 valence electrons. The molecule has 0 spiro atoms. The third-order valence-corrected chi connectivity index (χ3v) is 6.92. The Morgan fingerprint density at radius 2 is 1.94 bits per heavy atom. The van der Waals surface area contributed by atoms with Crippen LogP contribution in [0.4, 0.5) is 0 Å². The molecule has 0 radical (unpaired) electrons. The van der Waals surface area contributed by atoms with E-state index in [0.29, 0.717) is 6.61 Å². The Kier molecular flexibility index (Phi) is 4.80. The smallest absolute Gasteiger partial charge is 0.150 e. The molecular weight excluding hydrogens is 456 g/mol. The monoisotopic (exact) mass is 478 g/mol. The summed E-state index contributed by atoms with van der Waals surface area (Å²) >= 11 is 3.63. The van der Waals surface area contributed by atoms with E-state index < -0.39 is 0 Å². The molecule has 4 aliphatic rings. The molecule has 6 rings (SSSR count). The fourth-order valence-corrected chi connectivity index (χ4v) is 5.20. The summed E-state index contributed by atoms with van der Waals surface area (Å²) in [6.07, 6.45) is 9.94. The third kappa shape index (κ3) is 3.27. The summed E-state index contributed by atoms with van der Waals surface area (Å²) in [6, 6.07) is 10.7. The van der Waals surface area contributed by atoms with Crippen molar-refractivity contribution in [2.24, 2.45) is 4.99 Å². The predicted molar refractivity (Wildman–Crippen MR) is 122 cm³/mol. The number of rotatable bonds is 3. The maximum Gasteiger partial charge on any atom is 0.150 e. The first-order chi connectivity index (χ1) is 15.3. The predicted octanol–water partition coefficient (Wildman–Crippen LogP) is 5.12. The minimum Gasteiger partial charge on any atom is -0.496 e. The second kappa shape index (κ2) is 7.80.